The third-order valence-electron chi connectivity index (χ3n) is 3.38. The van der Waals surface area contributed by atoms with Gasteiger partial charge in [-0.25, -0.2) is 0 Å². The van der Waals surface area contributed by atoms with E-state index in [1.807, 2.05) is 11.3 Å². The van der Waals surface area contributed by atoms with Crippen molar-refractivity contribution in [1.29, 1.82) is 0 Å². The molecule has 3 nitrogen and oxygen atoms in total. The van der Waals surface area contributed by atoms with E-state index in [0.29, 0.717) is 6.54 Å². The van der Waals surface area contributed by atoms with E-state index >= 15 is 0 Å². The van der Waals surface area contributed by atoms with Crippen LogP contribution in [-0.2, 0) is 19.5 Å². The topological polar surface area (TPSA) is 34.2 Å². The first-order valence-corrected chi connectivity index (χ1v) is 6.76. The Bertz CT molecular complexity index is 513. The van der Waals surface area contributed by atoms with Crippen molar-refractivity contribution in [1.82, 2.24) is 9.47 Å². The third kappa shape index (κ3) is 1.82. The molecule has 2 aromatic rings. The van der Waals surface area contributed by atoms with E-state index in [0.717, 1.165) is 19.5 Å². The Balaban J connectivity index is 2.11. The number of thiophene rings is 1. The van der Waals surface area contributed by atoms with Gasteiger partial charge in [0.15, 0.2) is 0 Å². The molecule has 17 heavy (non-hydrogen) atoms. The van der Waals surface area contributed by atoms with Crippen LogP contribution in [0.1, 0.15) is 16.0 Å². The van der Waals surface area contributed by atoms with Gasteiger partial charge in [-0.1, -0.05) is 0 Å². The number of rotatable bonds is 2. The molecule has 0 spiro atoms. The molecule has 0 unspecified atom stereocenters. The van der Waals surface area contributed by atoms with Gasteiger partial charge < -0.3 is 15.2 Å². The number of nitrogens with two attached hydrogens (primary N) is 1. The standard InChI is InChI=1S/C13H17N3S/c1-15-7-4-10-11(8-14)13(17-12(10)9-15)16-5-2-3-6-16/h2-3,5-6H,4,7-9,14H2,1H3. The average Bonchev–Trinajstić information content (AvgIpc) is 2.94. The number of hydrogen-bond donors (Lipinski definition) is 1. The molecule has 0 saturated carbocycles. The Morgan fingerprint density at radius 3 is 2.82 bits per heavy atom. The predicted molar refractivity (Wildman–Crippen MR) is 71.6 cm³/mol. The van der Waals surface area contributed by atoms with Crippen LogP contribution in [0, 0.1) is 0 Å². The summed E-state index contributed by atoms with van der Waals surface area (Å²) in [6.07, 6.45) is 5.33. The highest BCUT2D eigenvalue weighted by Crippen LogP contribution is 2.35. The maximum Gasteiger partial charge on any atom is 0.104 e. The van der Waals surface area contributed by atoms with Gasteiger partial charge in [-0.05, 0) is 31.2 Å². The van der Waals surface area contributed by atoms with Crippen molar-refractivity contribution in [3.63, 3.8) is 0 Å². The molecule has 0 bridgehead atoms. The largest absolute Gasteiger partial charge is 0.326 e. The lowest BCUT2D eigenvalue weighted by molar-refractivity contribution is 0.316. The second-order valence-corrected chi connectivity index (χ2v) is 5.65. The summed E-state index contributed by atoms with van der Waals surface area (Å²) in [4.78, 5) is 3.86. The second-order valence-electron chi connectivity index (χ2n) is 4.57. The summed E-state index contributed by atoms with van der Waals surface area (Å²) in [6.45, 7) is 2.85. The minimum Gasteiger partial charge on any atom is -0.326 e. The fraction of sp³-hybridized carbons (Fsp3) is 0.385. The minimum atomic E-state index is 0.642. The number of aromatic nitrogens is 1. The summed E-state index contributed by atoms with van der Waals surface area (Å²) in [5, 5.41) is 1.30. The molecule has 3 rings (SSSR count). The van der Waals surface area contributed by atoms with Crippen molar-refractivity contribution in [2.24, 2.45) is 5.73 Å². The molecular formula is C13H17N3S. The molecule has 0 radical (unpaired) electrons. The number of fused-ring (bicyclic) bond motifs is 1. The van der Waals surface area contributed by atoms with E-state index < -0.39 is 0 Å². The molecule has 0 saturated heterocycles. The molecule has 0 aromatic carbocycles. The molecule has 2 aromatic heterocycles. The highest BCUT2D eigenvalue weighted by molar-refractivity contribution is 7.14. The van der Waals surface area contributed by atoms with Crippen LogP contribution in [-0.4, -0.2) is 23.1 Å². The maximum absolute atomic E-state index is 5.94. The summed E-state index contributed by atoms with van der Waals surface area (Å²) >= 11 is 1.89. The van der Waals surface area contributed by atoms with Crippen molar-refractivity contribution >= 4 is 11.3 Å². The lowest BCUT2D eigenvalue weighted by atomic mass is 10.0. The van der Waals surface area contributed by atoms with Crippen LogP contribution in [0.25, 0.3) is 5.00 Å². The van der Waals surface area contributed by atoms with E-state index in [4.69, 9.17) is 5.73 Å². The lowest BCUT2D eigenvalue weighted by Crippen LogP contribution is -2.26. The SMILES string of the molecule is CN1CCc2c(sc(-n3cccc3)c2CN)C1. The molecule has 1 aliphatic rings. The van der Waals surface area contributed by atoms with Crippen LogP contribution in [0.15, 0.2) is 24.5 Å². The van der Waals surface area contributed by atoms with Crippen molar-refractivity contribution < 1.29 is 0 Å². The number of nitrogens with zero attached hydrogens (tertiary/aromatic N) is 2. The van der Waals surface area contributed by atoms with Crippen molar-refractivity contribution in [2.75, 3.05) is 13.6 Å². The summed E-state index contributed by atoms with van der Waals surface area (Å²) in [5.74, 6) is 0. The highest BCUT2D eigenvalue weighted by atomic mass is 32.1. The molecule has 1 aliphatic heterocycles. The predicted octanol–water partition coefficient (Wildman–Crippen LogP) is 1.99. The fourth-order valence-electron chi connectivity index (χ4n) is 2.47. The molecule has 90 valence electrons. The molecule has 3 heterocycles. The zero-order valence-corrected chi connectivity index (χ0v) is 10.8. The lowest BCUT2D eigenvalue weighted by Gasteiger charge is -2.22. The third-order valence-corrected chi connectivity index (χ3v) is 4.65. The summed E-state index contributed by atoms with van der Waals surface area (Å²) < 4.78 is 2.19. The first kappa shape index (κ1) is 11.0. The van der Waals surface area contributed by atoms with Gasteiger partial charge in [-0.2, -0.15) is 0 Å². The Labute approximate surface area is 105 Å². The van der Waals surface area contributed by atoms with Crippen LogP contribution in [0.4, 0.5) is 0 Å². The quantitative estimate of drug-likeness (QED) is 0.880. The van der Waals surface area contributed by atoms with Crippen LogP contribution in [0.3, 0.4) is 0 Å². The van der Waals surface area contributed by atoms with Gasteiger partial charge in [0.1, 0.15) is 5.00 Å². The van der Waals surface area contributed by atoms with Gasteiger partial charge in [-0.3, -0.25) is 0 Å². The number of likely N-dealkylation sites (N-methyl/N-ethyl adjacent to an activating group) is 1. The number of hydrogen-bond acceptors (Lipinski definition) is 3. The Hall–Kier alpha value is -1.10. The molecular weight excluding hydrogens is 230 g/mol. The van der Waals surface area contributed by atoms with E-state index in [-0.39, 0.29) is 0 Å². The van der Waals surface area contributed by atoms with E-state index in [9.17, 15) is 0 Å². The minimum absolute atomic E-state index is 0.642. The first-order chi connectivity index (χ1) is 8.29. The Morgan fingerprint density at radius 1 is 1.35 bits per heavy atom. The van der Waals surface area contributed by atoms with E-state index in [2.05, 4.69) is 41.0 Å². The van der Waals surface area contributed by atoms with Gasteiger partial charge in [-0.15, -0.1) is 11.3 Å². The Morgan fingerprint density at radius 2 is 2.12 bits per heavy atom. The van der Waals surface area contributed by atoms with Gasteiger partial charge in [0.2, 0.25) is 0 Å². The summed E-state index contributed by atoms with van der Waals surface area (Å²) in [6, 6.07) is 4.12. The second kappa shape index (κ2) is 4.29. The van der Waals surface area contributed by atoms with E-state index in [1.54, 1.807) is 0 Å². The summed E-state index contributed by atoms with van der Waals surface area (Å²) in [7, 11) is 2.18. The van der Waals surface area contributed by atoms with Crippen LogP contribution < -0.4 is 5.73 Å². The highest BCUT2D eigenvalue weighted by Gasteiger charge is 2.22. The van der Waals surface area contributed by atoms with Crippen molar-refractivity contribution in [3.05, 3.63) is 40.5 Å². The van der Waals surface area contributed by atoms with Crippen LogP contribution in [0.2, 0.25) is 0 Å². The smallest absolute Gasteiger partial charge is 0.104 e. The molecule has 0 atom stereocenters. The zero-order chi connectivity index (χ0) is 11.8. The normalized spacial score (nSPS) is 16.1. The van der Waals surface area contributed by atoms with Gasteiger partial charge in [0.25, 0.3) is 0 Å². The molecule has 0 fully saturated rings. The molecule has 0 aliphatic carbocycles. The van der Waals surface area contributed by atoms with Gasteiger partial charge in [0.05, 0.1) is 0 Å². The summed E-state index contributed by atoms with van der Waals surface area (Å²) in [5.41, 5.74) is 8.78. The van der Waals surface area contributed by atoms with E-state index in [1.165, 1.54) is 21.0 Å². The van der Waals surface area contributed by atoms with Gasteiger partial charge >= 0.3 is 0 Å². The van der Waals surface area contributed by atoms with Crippen molar-refractivity contribution in [2.45, 2.75) is 19.5 Å². The van der Waals surface area contributed by atoms with Gasteiger partial charge in [0, 0.05) is 42.5 Å². The van der Waals surface area contributed by atoms with Crippen LogP contribution in [0.5, 0.6) is 0 Å². The fourth-order valence-corrected chi connectivity index (χ4v) is 3.89. The monoisotopic (exact) mass is 247 g/mol. The average molecular weight is 247 g/mol. The van der Waals surface area contributed by atoms with Crippen LogP contribution >= 0.6 is 11.3 Å². The zero-order valence-electron chi connectivity index (χ0n) is 10.0. The molecule has 2 N–H and O–H groups in total. The van der Waals surface area contributed by atoms with Crippen molar-refractivity contribution in [3.8, 4) is 5.00 Å². The molecule has 0 amide bonds. The Kier molecular flexibility index (Phi) is 2.78. The first-order valence-electron chi connectivity index (χ1n) is 5.95. The molecule has 4 heteroatoms. The maximum atomic E-state index is 5.94.